The van der Waals surface area contributed by atoms with Gasteiger partial charge in [-0.2, -0.15) is 0 Å². The van der Waals surface area contributed by atoms with Crippen molar-refractivity contribution in [1.82, 2.24) is 29.6 Å². The number of hydrogen-bond donors (Lipinski definition) is 1. The number of aryl methyl sites for hydroxylation is 1. The summed E-state index contributed by atoms with van der Waals surface area (Å²) in [5.41, 5.74) is 5.68. The number of carbonyl (C=O) groups is 3. The van der Waals surface area contributed by atoms with E-state index in [4.69, 9.17) is 9.47 Å². The number of methoxy groups -OCH3 is 2. The summed E-state index contributed by atoms with van der Waals surface area (Å²) in [4.78, 5) is 63.9. The second-order valence-electron chi connectivity index (χ2n) is 15.7. The molecular formula is C42H47N7O6. The van der Waals surface area contributed by atoms with Gasteiger partial charge in [-0.05, 0) is 85.6 Å². The van der Waals surface area contributed by atoms with Crippen molar-refractivity contribution in [3.63, 3.8) is 0 Å². The van der Waals surface area contributed by atoms with Crippen LogP contribution < -0.4 is 25.2 Å². The van der Waals surface area contributed by atoms with Crippen LogP contribution in [-0.4, -0.2) is 108 Å². The molecule has 0 spiro atoms. The lowest BCUT2D eigenvalue weighted by molar-refractivity contribution is -0.136. The first kappa shape index (κ1) is 35.4. The monoisotopic (exact) mass is 745 g/mol. The molecule has 13 nitrogen and oxygen atoms in total. The zero-order valence-electron chi connectivity index (χ0n) is 31.7. The fourth-order valence-electron chi connectivity index (χ4n) is 9.17. The third-order valence-corrected chi connectivity index (χ3v) is 12.5. The number of carbonyl (C=O) groups excluding carboxylic acids is 3. The van der Waals surface area contributed by atoms with Crippen LogP contribution >= 0.6 is 0 Å². The molecule has 5 aliphatic heterocycles. The second kappa shape index (κ2) is 14.1. The van der Waals surface area contributed by atoms with E-state index in [-0.39, 0.29) is 29.7 Å². The molecule has 1 N–H and O–H groups in total. The Balaban J connectivity index is 0.843. The van der Waals surface area contributed by atoms with Gasteiger partial charge in [0.1, 0.15) is 23.4 Å². The van der Waals surface area contributed by atoms with Gasteiger partial charge in [-0.3, -0.25) is 34.3 Å². The van der Waals surface area contributed by atoms with Crippen LogP contribution in [0.25, 0.3) is 21.9 Å². The zero-order chi connectivity index (χ0) is 38.0. The quantitative estimate of drug-likeness (QED) is 0.254. The molecule has 1 unspecified atom stereocenters. The Morgan fingerprint density at radius 1 is 0.873 bits per heavy atom. The SMILES string of the molecule is COc1cc(-c2cn(C)c(=O)c3cnc(N4CCC4)cc23)cc(OC)c1CN1CC(N2CCC(c3ccc4c(c3)CN(C3CCC(=O)NC3=O)C4=O)CC2)C1. The first-order valence-electron chi connectivity index (χ1n) is 19.4. The van der Waals surface area contributed by atoms with Crippen LogP contribution in [0.1, 0.15) is 65.1 Å². The van der Waals surface area contributed by atoms with Crippen LogP contribution in [0, 0.1) is 0 Å². The maximum Gasteiger partial charge on any atom is 0.259 e. The van der Waals surface area contributed by atoms with Gasteiger partial charge in [0.05, 0.1) is 25.2 Å². The molecule has 0 bridgehead atoms. The first-order valence-corrected chi connectivity index (χ1v) is 19.4. The van der Waals surface area contributed by atoms with E-state index in [0.717, 1.165) is 103 Å². The standard InChI is InChI=1S/C42H47N7O6/c1-45-23-33(31-18-38(48-11-4-12-48)43-19-32(31)41(45)52)27-16-36(54-2)34(37(17-27)55-3)24-46-21-29(22-46)47-13-9-25(10-14-47)26-5-6-30-28(15-26)20-49(42(30)53)35-7-8-39(50)44-40(35)51/h5-6,15-19,23,25,29,35H,4,7-14,20-22,24H2,1-3H3,(H,44,50,51). The Labute approximate surface area is 319 Å². The minimum atomic E-state index is -0.595. The van der Waals surface area contributed by atoms with E-state index >= 15 is 0 Å². The fraction of sp³-hybridized carbons (Fsp3) is 0.452. The van der Waals surface area contributed by atoms with Crippen LogP contribution in [0.4, 0.5) is 5.82 Å². The summed E-state index contributed by atoms with van der Waals surface area (Å²) in [7, 11) is 5.17. The Morgan fingerprint density at radius 3 is 2.29 bits per heavy atom. The molecular weight excluding hydrogens is 699 g/mol. The van der Waals surface area contributed by atoms with Gasteiger partial charge in [-0.15, -0.1) is 0 Å². The first-order chi connectivity index (χ1) is 26.7. The third kappa shape index (κ3) is 6.32. The molecule has 286 valence electrons. The number of anilines is 1. The highest BCUT2D eigenvalue weighted by Gasteiger charge is 2.40. The molecule has 5 aliphatic rings. The van der Waals surface area contributed by atoms with Crippen LogP contribution in [0.2, 0.25) is 0 Å². The van der Waals surface area contributed by atoms with Crippen molar-refractivity contribution in [3.8, 4) is 22.6 Å². The number of nitrogens with zero attached hydrogens (tertiary/aromatic N) is 6. The van der Waals surface area contributed by atoms with Crippen molar-refractivity contribution in [2.75, 3.05) is 58.4 Å². The minimum Gasteiger partial charge on any atom is -0.496 e. The molecule has 4 saturated heterocycles. The summed E-state index contributed by atoms with van der Waals surface area (Å²) < 4.78 is 13.6. The number of benzene rings is 2. The molecule has 2 aromatic heterocycles. The number of aromatic nitrogens is 2. The summed E-state index contributed by atoms with van der Waals surface area (Å²) in [6.45, 7) is 7.03. The number of nitrogens with one attached hydrogen (secondary N) is 1. The van der Waals surface area contributed by atoms with Crippen molar-refractivity contribution in [2.45, 2.75) is 63.2 Å². The Morgan fingerprint density at radius 2 is 1.62 bits per heavy atom. The minimum absolute atomic E-state index is 0.0745. The molecule has 3 amide bonds. The predicted molar refractivity (Wildman–Crippen MR) is 207 cm³/mol. The number of piperidine rings is 2. The number of ether oxygens (including phenoxy) is 2. The number of amides is 3. The second-order valence-corrected chi connectivity index (χ2v) is 15.7. The van der Waals surface area contributed by atoms with Crippen molar-refractivity contribution in [3.05, 3.63) is 81.4 Å². The van der Waals surface area contributed by atoms with Gasteiger partial charge in [-0.1, -0.05) is 12.1 Å². The van der Waals surface area contributed by atoms with E-state index < -0.39 is 6.04 Å². The normalized spacial score (nSPS) is 21.1. The average molecular weight is 746 g/mol. The molecule has 4 aromatic rings. The van der Waals surface area contributed by atoms with Gasteiger partial charge in [0.15, 0.2) is 0 Å². The van der Waals surface area contributed by atoms with Gasteiger partial charge in [0, 0.05) is 87.7 Å². The van der Waals surface area contributed by atoms with Gasteiger partial charge < -0.3 is 23.8 Å². The smallest absolute Gasteiger partial charge is 0.259 e. The van der Waals surface area contributed by atoms with E-state index in [1.54, 1.807) is 36.9 Å². The molecule has 9 rings (SSSR count). The molecule has 7 heterocycles. The maximum absolute atomic E-state index is 13.2. The van der Waals surface area contributed by atoms with Gasteiger partial charge in [0.2, 0.25) is 11.8 Å². The summed E-state index contributed by atoms with van der Waals surface area (Å²) in [6, 6.07) is 12.2. The topological polar surface area (TPSA) is 130 Å². The molecule has 55 heavy (non-hydrogen) atoms. The van der Waals surface area contributed by atoms with Crippen LogP contribution in [0.3, 0.4) is 0 Å². The average Bonchev–Trinajstić information content (AvgIpc) is 3.48. The van der Waals surface area contributed by atoms with E-state index in [9.17, 15) is 19.2 Å². The van der Waals surface area contributed by atoms with Crippen molar-refractivity contribution in [1.29, 1.82) is 0 Å². The van der Waals surface area contributed by atoms with Crippen LogP contribution in [0.15, 0.2) is 53.6 Å². The number of rotatable bonds is 9. The third-order valence-electron chi connectivity index (χ3n) is 12.5. The van der Waals surface area contributed by atoms with Gasteiger partial charge in [0.25, 0.3) is 11.5 Å². The van der Waals surface area contributed by atoms with E-state index in [1.165, 1.54) is 5.56 Å². The highest BCUT2D eigenvalue weighted by atomic mass is 16.5. The number of imide groups is 1. The molecule has 0 aliphatic carbocycles. The Bertz CT molecular complexity index is 2250. The van der Waals surface area contributed by atoms with E-state index in [1.807, 2.05) is 18.3 Å². The highest BCUT2D eigenvalue weighted by molar-refractivity contribution is 6.05. The van der Waals surface area contributed by atoms with Crippen LogP contribution in [0.5, 0.6) is 11.5 Å². The summed E-state index contributed by atoms with van der Waals surface area (Å²) in [5.74, 6) is 2.05. The fourth-order valence-corrected chi connectivity index (χ4v) is 9.17. The summed E-state index contributed by atoms with van der Waals surface area (Å²) >= 11 is 0. The summed E-state index contributed by atoms with van der Waals surface area (Å²) in [6.07, 6.45) is 7.48. The number of hydrogen-bond acceptors (Lipinski definition) is 10. The van der Waals surface area contributed by atoms with Crippen molar-refractivity contribution < 1.29 is 23.9 Å². The van der Waals surface area contributed by atoms with Gasteiger partial charge >= 0.3 is 0 Å². The zero-order valence-corrected chi connectivity index (χ0v) is 31.7. The van der Waals surface area contributed by atoms with Crippen molar-refractivity contribution in [2.24, 2.45) is 7.05 Å². The van der Waals surface area contributed by atoms with E-state index in [0.29, 0.717) is 42.4 Å². The molecule has 2 aromatic carbocycles. The molecule has 0 saturated carbocycles. The Hall–Kier alpha value is -5.27. The number of likely N-dealkylation sites (tertiary alicyclic amines) is 2. The van der Waals surface area contributed by atoms with E-state index in [2.05, 4.69) is 49.3 Å². The number of pyridine rings is 2. The lowest BCUT2D eigenvalue weighted by Crippen LogP contribution is -2.60. The van der Waals surface area contributed by atoms with Gasteiger partial charge in [-0.25, -0.2) is 4.98 Å². The van der Waals surface area contributed by atoms with Crippen molar-refractivity contribution >= 4 is 34.3 Å². The lowest BCUT2D eigenvalue weighted by Gasteiger charge is -2.48. The summed E-state index contributed by atoms with van der Waals surface area (Å²) in [5, 5.41) is 3.84. The number of fused-ring (bicyclic) bond motifs is 2. The van der Waals surface area contributed by atoms with Crippen LogP contribution in [-0.2, 0) is 29.7 Å². The largest absolute Gasteiger partial charge is 0.496 e. The molecule has 13 heteroatoms. The molecule has 4 fully saturated rings. The Kier molecular flexibility index (Phi) is 9.08. The molecule has 0 radical (unpaired) electrons. The highest BCUT2D eigenvalue weighted by Crippen LogP contribution is 2.40. The maximum atomic E-state index is 13.2. The lowest BCUT2D eigenvalue weighted by atomic mass is 9.87. The predicted octanol–water partition coefficient (Wildman–Crippen LogP) is 3.65. The molecule has 1 atom stereocenters.